The molecule has 0 fully saturated rings. The maximum atomic E-state index is 13.1. The van der Waals surface area contributed by atoms with E-state index in [9.17, 15) is 28.6 Å². The van der Waals surface area contributed by atoms with Crippen molar-refractivity contribution >= 4 is 21.2 Å². The minimum Gasteiger partial charge on any atom is -0.258 e. The summed E-state index contributed by atoms with van der Waals surface area (Å²) < 4.78 is 26.2. The van der Waals surface area contributed by atoms with Crippen molar-refractivity contribution in [1.29, 1.82) is 0 Å². The van der Waals surface area contributed by atoms with E-state index in [0.717, 1.165) is 0 Å². The molecule has 0 aromatic heterocycles. The molecule has 0 aliphatic carbocycles. The van der Waals surface area contributed by atoms with E-state index in [0.29, 0.717) is 0 Å². The van der Waals surface area contributed by atoms with Crippen LogP contribution in [0.1, 0.15) is 25.0 Å². The van der Waals surface area contributed by atoms with Gasteiger partial charge in [0.25, 0.3) is 11.4 Å². The Bertz CT molecular complexity index is 882. The number of nitrogens with zero attached hydrogens (tertiary/aromatic N) is 2. The Hall–Kier alpha value is -2.81. The molecular weight excluding hydrogens is 348 g/mol. The first-order valence-corrected chi connectivity index (χ1v) is 9.01. The van der Waals surface area contributed by atoms with Gasteiger partial charge in [-0.25, -0.2) is 8.42 Å². The second-order valence-electron chi connectivity index (χ2n) is 5.23. The predicted octanol–water partition coefficient (Wildman–Crippen LogP) is 3.46. The van der Waals surface area contributed by atoms with Gasteiger partial charge in [-0.1, -0.05) is 26.0 Å². The highest BCUT2D eigenvalue weighted by Crippen LogP contribution is 2.34. The van der Waals surface area contributed by atoms with E-state index in [-0.39, 0.29) is 45.1 Å². The fraction of sp³-hybridized carbons (Fsp3) is 0.250. The number of benzene rings is 2. The van der Waals surface area contributed by atoms with E-state index >= 15 is 0 Å². The summed E-state index contributed by atoms with van der Waals surface area (Å²) in [6.45, 7) is 3.24. The number of hydrogen-bond donors (Lipinski definition) is 0. The van der Waals surface area contributed by atoms with Crippen LogP contribution in [0, 0.1) is 20.2 Å². The highest BCUT2D eigenvalue weighted by atomic mass is 32.2. The van der Waals surface area contributed by atoms with Gasteiger partial charge >= 0.3 is 0 Å². The second kappa shape index (κ2) is 6.98. The minimum absolute atomic E-state index is 0.0843. The number of sulfone groups is 1. The number of rotatable bonds is 6. The standard InChI is InChI=1S/C16H16N2O6S/c1-3-11-13(17(19)20)7-5-9-15(11)25(23,24)16-10-6-8-14(18(21)22)12(16)4-2/h5-10H,3-4H2,1-2H3. The van der Waals surface area contributed by atoms with Crippen LogP contribution in [0.4, 0.5) is 11.4 Å². The van der Waals surface area contributed by atoms with Crippen LogP contribution in [0.2, 0.25) is 0 Å². The van der Waals surface area contributed by atoms with Crippen molar-refractivity contribution in [3.8, 4) is 0 Å². The quantitative estimate of drug-likeness (QED) is 0.571. The molecule has 2 aromatic rings. The third-order valence-electron chi connectivity index (χ3n) is 3.90. The van der Waals surface area contributed by atoms with Gasteiger partial charge in [-0.15, -0.1) is 0 Å². The smallest absolute Gasteiger partial charge is 0.258 e. The van der Waals surface area contributed by atoms with Gasteiger partial charge in [0.2, 0.25) is 9.84 Å². The van der Waals surface area contributed by atoms with Crippen LogP contribution in [0.25, 0.3) is 0 Å². The van der Waals surface area contributed by atoms with Gasteiger partial charge < -0.3 is 0 Å². The van der Waals surface area contributed by atoms with Gasteiger partial charge in [0, 0.05) is 23.3 Å². The van der Waals surface area contributed by atoms with Gasteiger partial charge in [-0.05, 0) is 25.0 Å². The Balaban J connectivity index is 2.82. The summed E-state index contributed by atoms with van der Waals surface area (Å²) in [5.74, 6) is 0. The van der Waals surface area contributed by atoms with Crippen LogP contribution < -0.4 is 0 Å². The van der Waals surface area contributed by atoms with E-state index in [4.69, 9.17) is 0 Å². The molecule has 0 unspecified atom stereocenters. The molecule has 8 nitrogen and oxygen atoms in total. The molecule has 2 aromatic carbocycles. The molecule has 0 saturated heterocycles. The van der Waals surface area contributed by atoms with Gasteiger partial charge in [-0.2, -0.15) is 0 Å². The number of hydrogen-bond acceptors (Lipinski definition) is 6. The summed E-state index contributed by atoms with van der Waals surface area (Å²) in [7, 11) is -4.15. The average molecular weight is 364 g/mol. The normalized spacial score (nSPS) is 11.3. The highest BCUT2D eigenvalue weighted by Gasteiger charge is 2.30. The first-order chi connectivity index (χ1) is 11.8. The number of nitro groups is 2. The lowest BCUT2D eigenvalue weighted by Crippen LogP contribution is -2.11. The van der Waals surface area contributed by atoms with Gasteiger partial charge in [0.1, 0.15) is 0 Å². The maximum absolute atomic E-state index is 13.1. The van der Waals surface area contributed by atoms with E-state index < -0.39 is 19.7 Å². The lowest BCUT2D eigenvalue weighted by Gasteiger charge is -2.12. The van der Waals surface area contributed by atoms with Gasteiger partial charge in [-0.3, -0.25) is 20.2 Å². The first kappa shape index (κ1) is 18.5. The molecule has 132 valence electrons. The molecule has 0 radical (unpaired) electrons. The SMILES string of the molecule is CCc1c([N+](=O)[O-])cccc1S(=O)(=O)c1cccc([N+](=O)[O-])c1CC. The Kier molecular flexibility index (Phi) is 5.17. The van der Waals surface area contributed by atoms with Crippen LogP contribution in [0.5, 0.6) is 0 Å². The number of nitro benzene ring substituents is 2. The second-order valence-corrected chi connectivity index (χ2v) is 7.12. The van der Waals surface area contributed by atoms with E-state index in [1.54, 1.807) is 13.8 Å². The topological polar surface area (TPSA) is 120 Å². The zero-order chi connectivity index (χ0) is 18.8. The Labute approximate surface area is 144 Å². The molecule has 0 heterocycles. The third kappa shape index (κ3) is 3.22. The van der Waals surface area contributed by atoms with Gasteiger partial charge in [0.05, 0.1) is 19.6 Å². The summed E-state index contributed by atoms with van der Waals surface area (Å²) in [6.07, 6.45) is 0.282. The summed E-state index contributed by atoms with van der Waals surface area (Å²) >= 11 is 0. The first-order valence-electron chi connectivity index (χ1n) is 7.53. The highest BCUT2D eigenvalue weighted by molar-refractivity contribution is 7.91. The van der Waals surface area contributed by atoms with Crippen molar-refractivity contribution in [2.75, 3.05) is 0 Å². The molecule has 0 bridgehead atoms. The summed E-state index contributed by atoms with van der Waals surface area (Å²) in [5.41, 5.74) is -0.402. The Morgan fingerprint density at radius 1 is 0.800 bits per heavy atom. The molecule has 0 N–H and O–H groups in total. The van der Waals surface area contributed by atoms with Crippen LogP contribution in [-0.4, -0.2) is 18.3 Å². The van der Waals surface area contributed by atoms with Gasteiger partial charge in [0.15, 0.2) is 0 Å². The molecule has 0 amide bonds. The molecule has 0 aliphatic rings. The van der Waals surface area contributed by atoms with Crippen molar-refractivity contribution in [2.24, 2.45) is 0 Å². The largest absolute Gasteiger partial charge is 0.273 e. The molecule has 0 spiro atoms. The lowest BCUT2D eigenvalue weighted by atomic mass is 10.1. The van der Waals surface area contributed by atoms with Crippen molar-refractivity contribution in [2.45, 2.75) is 36.5 Å². The molecule has 0 saturated carbocycles. The molecular formula is C16H16N2O6S. The fourth-order valence-corrected chi connectivity index (χ4v) is 4.68. The van der Waals surface area contributed by atoms with E-state index in [2.05, 4.69) is 0 Å². The molecule has 25 heavy (non-hydrogen) atoms. The van der Waals surface area contributed by atoms with Crippen LogP contribution in [-0.2, 0) is 22.7 Å². The summed E-state index contributed by atoms with van der Waals surface area (Å²) in [6, 6.07) is 7.66. The lowest BCUT2D eigenvalue weighted by molar-refractivity contribution is -0.385. The van der Waals surface area contributed by atoms with Crippen molar-refractivity contribution in [1.82, 2.24) is 0 Å². The predicted molar refractivity (Wildman–Crippen MR) is 90.4 cm³/mol. The average Bonchev–Trinajstić information content (AvgIpc) is 2.59. The van der Waals surface area contributed by atoms with Crippen molar-refractivity contribution < 1.29 is 18.3 Å². The fourth-order valence-electron chi connectivity index (χ4n) is 2.78. The molecule has 0 aliphatic heterocycles. The molecule has 0 atom stereocenters. The van der Waals surface area contributed by atoms with Crippen molar-refractivity contribution in [3.63, 3.8) is 0 Å². The van der Waals surface area contributed by atoms with Crippen LogP contribution >= 0.6 is 0 Å². The van der Waals surface area contributed by atoms with Crippen LogP contribution in [0.15, 0.2) is 46.2 Å². The van der Waals surface area contributed by atoms with E-state index in [1.165, 1.54) is 36.4 Å². The zero-order valence-corrected chi connectivity index (χ0v) is 14.4. The Morgan fingerprint density at radius 3 is 1.44 bits per heavy atom. The summed E-state index contributed by atoms with van der Waals surface area (Å²) in [5, 5.41) is 22.4. The Morgan fingerprint density at radius 2 is 1.16 bits per heavy atom. The maximum Gasteiger partial charge on any atom is 0.273 e. The molecule has 9 heteroatoms. The third-order valence-corrected chi connectivity index (χ3v) is 5.82. The van der Waals surface area contributed by atoms with Crippen molar-refractivity contribution in [3.05, 3.63) is 67.8 Å². The molecule has 2 rings (SSSR count). The van der Waals surface area contributed by atoms with E-state index in [1.807, 2.05) is 0 Å². The zero-order valence-electron chi connectivity index (χ0n) is 13.6. The monoisotopic (exact) mass is 364 g/mol. The summed E-state index contributed by atoms with van der Waals surface area (Å²) in [4.78, 5) is 20.7. The minimum atomic E-state index is -4.15. The van der Waals surface area contributed by atoms with Crippen LogP contribution in [0.3, 0.4) is 0 Å².